The number of Topliss-reactive ketones (excluding diaryl/α,β-unsaturated/α-hetero) is 1. The third-order valence-corrected chi connectivity index (χ3v) is 5.68. The molecule has 2 unspecified atom stereocenters. The Labute approximate surface area is 146 Å². The van der Waals surface area contributed by atoms with Crippen molar-refractivity contribution in [2.75, 3.05) is 0 Å². The van der Waals surface area contributed by atoms with Crippen molar-refractivity contribution in [1.82, 2.24) is 0 Å². The van der Waals surface area contributed by atoms with E-state index < -0.39 is 0 Å². The van der Waals surface area contributed by atoms with Crippen molar-refractivity contribution < 1.29 is 4.79 Å². The summed E-state index contributed by atoms with van der Waals surface area (Å²) in [5, 5.41) is 6.72. The summed E-state index contributed by atoms with van der Waals surface area (Å²) in [5.74, 6) is 1.40. The van der Waals surface area contributed by atoms with Crippen molar-refractivity contribution in [1.29, 1.82) is 0 Å². The summed E-state index contributed by atoms with van der Waals surface area (Å²) >= 11 is 1.71. The highest BCUT2D eigenvalue weighted by atomic mass is 32.1. The van der Waals surface area contributed by atoms with Gasteiger partial charge in [-0.2, -0.15) is 11.3 Å². The summed E-state index contributed by atoms with van der Waals surface area (Å²) < 4.78 is 0. The van der Waals surface area contributed by atoms with Gasteiger partial charge < -0.3 is 0 Å². The van der Waals surface area contributed by atoms with Crippen LogP contribution in [0.4, 0.5) is 0 Å². The number of hydrogen-bond acceptors (Lipinski definition) is 2. The first-order chi connectivity index (χ1) is 11.8. The third kappa shape index (κ3) is 2.94. The van der Waals surface area contributed by atoms with E-state index >= 15 is 0 Å². The Balaban J connectivity index is 0.000000252. The minimum Gasteiger partial charge on any atom is -0.300 e. The molecule has 2 atom stereocenters. The summed E-state index contributed by atoms with van der Waals surface area (Å²) in [4.78, 5) is 11.6. The number of rotatable bonds is 0. The molecule has 3 aromatic rings. The van der Waals surface area contributed by atoms with E-state index in [1.807, 2.05) is 22.9 Å². The molecule has 24 heavy (non-hydrogen) atoms. The molecule has 2 aliphatic rings. The van der Waals surface area contributed by atoms with Gasteiger partial charge >= 0.3 is 0 Å². The lowest BCUT2D eigenvalue weighted by Crippen LogP contribution is -2.24. The number of allylic oxidation sites excluding steroid dienone is 1. The summed E-state index contributed by atoms with van der Waals surface area (Å²) in [6.07, 6.45) is 6.99. The molecule has 120 valence electrons. The molecule has 1 saturated carbocycles. The zero-order valence-electron chi connectivity index (χ0n) is 13.5. The zero-order valence-corrected chi connectivity index (χ0v) is 14.3. The second-order valence-electron chi connectivity index (χ2n) is 6.49. The molecule has 0 aliphatic heterocycles. The maximum absolute atomic E-state index is 11.6. The number of carbonyl (C=O) groups is 1. The van der Waals surface area contributed by atoms with Crippen LogP contribution in [0, 0.1) is 5.92 Å². The van der Waals surface area contributed by atoms with Crippen LogP contribution >= 0.6 is 11.3 Å². The largest absolute Gasteiger partial charge is 0.300 e. The Morgan fingerprint density at radius 1 is 0.958 bits per heavy atom. The fraction of sp³-hybridized carbons (Fsp3) is 0.227. The van der Waals surface area contributed by atoms with Gasteiger partial charge in [-0.1, -0.05) is 60.7 Å². The Hall–Kier alpha value is -2.19. The van der Waals surface area contributed by atoms with Crippen LogP contribution in [0.2, 0.25) is 0 Å². The molecule has 2 aliphatic carbocycles. The van der Waals surface area contributed by atoms with Crippen molar-refractivity contribution in [2.24, 2.45) is 5.92 Å². The van der Waals surface area contributed by atoms with Gasteiger partial charge in [0, 0.05) is 12.8 Å². The minimum atomic E-state index is 0.426. The van der Waals surface area contributed by atoms with E-state index in [0.29, 0.717) is 17.6 Å². The lowest BCUT2D eigenvalue weighted by atomic mass is 9.70. The topological polar surface area (TPSA) is 17.1 Å². The van der Waals surface area contributed by atoms with E-state index in [1.165, 1.54) is 21.9 Å². The first kappa shape index (κ1) is 15.3. The van der Waals surface area contributed by atoms with Gasteiger partial charge in [-0.15, -0.1) is 0 Å². The van der Waals surface area contributed by atoms with Crippen LogP contribution in [0.3, 0.4) is 0 Å². The molecule has 2 heteroatoms. The van der Waals surface area contributed by atoms with Crippen LogP contribution < -0.4 is 0 Å². The number of hydrogen-bond donors (Lipinski definition) is 0. The highest BCUT2D eigenvalue weighted by molar-refractivity contribution is 7.07. The van der Waals surface area contributed by atoms with Gasteiger partial charge in [0.15, 0.2) is 0 Å². The Kier molecular flexibility index (Phi) is 4.31. The highest BCUT2D eigenvalue weighted by Gasteiger charge is 2.32. The number of thiophene rings is 1. The Morgan fingerprint density at radius 3 is 2.58 bits per heavy atom. The van der Waals surface area contributed by atoms with Gasteiger partial charge in [0.25, 0.3) is 0 Å². The van der Waals surface area contributed by atoms with Gasteiger partial charge in [0.2, 0.25) is 0 Å². The lowest BCUT2D eigenvalue weighted by molar-refractivity contribution is -0.121. The molecule has 1 aromatic heterocycles. The van der Waals surface area contributed by atoms with E-state index in [0.717, 1.165) is 19.3 Å². The molecule has 0 amide bonds. The normalized spacial score (nSPS) is 21.6. The molecular formula is C22H20OS. The Morgan fingerprint density at radius 2 is 1.79 bits per heavy atom. The van der Waals surface area contributed by atoms with Crippen molar-refractivity contribution in [2.45, 2.75) is 25.2 Å². The molecule has 0 bridgehead atoms. The van der Waals surface area contributed by atoms with E-state index in [2.05, 4.69) is 48.6 Å². The average molecular weight is 332 g/mol. The SMILES string of the molecule is O=C1CCC2c3ccc4ccccc4c3C=CC2C1.c1ccsc1. The molecular weight excluding hydrogens is 312 g/mol. The maximum Gasteiger partial charge on any atom is 0.133 e. The van der Waals surface area contributed by atoms with Crippen LogP contribution in [0.1, 0.15) is 36.3 Å². The highest BCUT2D eigenvalue weighted by Crippen LogP contribution is 2.44. The third-order valence-electron chi connectivity index (χ3n) is 5.05. The fourth-order valence-electron chi connectivity index (χ4n) is 3.89. The fourth-order valence-corrected chi connectivity index (χ4v) is 4.35. The number of carbonyl (C=O) groups excluding carboxylic acids is 1. The predicted octanol–water partition coefficient (Wildman–Crippen LogP) is 6.07. The van der Waals surface area contributed by atoms with Gasteiger partial charge in [-0.05, 0) is 50.9 Å². The van der Waals surface area contributed by atoms with Gasteiger partial charge in [-0.3, -0.25) is 4.79 Å². The molecule has 0 spiro atoms. The number of ketones is 1. The second-order valence-corrected chi connectivity index (χ2v) is 7.31. The van der Waals surface area contributed by atoms with E-state index in [9.17, 15) is 4.79 Å². The van der Waals surface area contributed by atoms with E-state index in [4.69, 9.17) is 0 Å². The number of benzene rings is 2. The summed E-state index contributed by atoms with van der Waals surface area (Å²) in [6.45, 7) is 0. The summed E-state index contributed by atoms with van der Waals surface area (Å²) in [6, 6.07) is 17.1. The summed E-state index contributed by atoms with van der Waals surface area (Å²) in [5.41, 5.74) is 2.81. The lowest BCUT2D eigenvalue weighted by Gasteiger charge is -2.33. The van der Waals surface area contributed by atoms with Crippen molar-refractivity contribution >= 4 is 34.0 Å². The van der Waals surface area contributed by atoms with Crippen molar-refractivity contribution in [3.63, 3.8) is 0 Å². The van der Waals surface area contributed by atoms with Gasteiger partial charge in [0.1, 0.15) is 5.78 Å². The maximum atomic E-state index is 11.6. The van der Waals surface area contributed by atoms with Crippen LogP contribution in [-0.2, 0) is 4.79 Å². The molecule has 0 N–H and O–H groups in total. The quantitative estimate of drug-likeness (QED) is 0.488. The monoisotopic (exact) mass is 332 g/mol. The van der Waals surface area contributed by atoms with Crippen LogP contribution in [0.25, 0.3) is 16.8 Å². The molecule has 2 aromatic carbocycles. The van der Waals surface area contributed by atoms with Crippen molar-refractivity contribution in [3.05, 3.63) is 76.5 Å². The van der Waals surface area contributed by atoms with E-state index in [1.54, 1.807) is 11.3 Å². The zero-order chi connectivity index (χ0) is 16.4. The average Bonchev–Trinajstić information content (AvgIpc) is 3.21. The molecule has 1 fully saturated rings. The van der Waals surface area contributed by atoms with Crippen LogP contribution in [0.15, 0.2) is 65.4 Å². The standard InChI is InChI=1S/C18H16O.C4H4S/c19-14-7-10-16-13(11-14)6-9-17-15-4-2-1-3-12(15)5-8-18(16)17;1-2-4-5-3-1/h1-6,8-9,13,16H,7,10-11H2;1-4H. The minimum absolute atomic E-state index is 0.426. The first-order valence-electron chi connectivity index (χ1n) is 8.51. The molecule has 0 radical (unpaired) electrons. The molecule has 1 heterocycles. The predicted molar refractivity (Wildman–Crippen MR) is 102 cm³/mol. The van der Waals surface area contributed by atoms with Crippen LogP contribution in [0.5, 0.6) is 0 Å². The Bertz CT molecular complexity index is 859. The second kappa shape index (κ2) is 6.74. The molecule has 5 rings (SSSR count). The molecule has 1 nitrogen and oxygen atoms in total. The van der Waals surface area contributed by atoms with E-state index in [-0.39, 0.29) is 0 Å². The van der Waals surface area contributed by atoms with Crippen LogP contribution in [-0.4, -0.2) is 5.78 Å². The van der Waals surface area contributed by atoms with Gasteiger partial charge in [0.05, 0.1) is 0 Å². The first-order valence-corrected chi connectivity index (χ1v) is 9.46. The summed E-state index contributed by atoms with van der Waals surface area (Å²) in [7, 11) is 0. The smallest absolute Gasteiger partial charge is 0.133 e. The number of fused-ring (bicyclic) bond motifs is 5. The van der Waals surface area contributed by atoms with Gasteiger partial charge in [-0.25, -0.2) is 0 Å². The molecule has 0 saturated heterocycles. The van der Waals surface area contributed by atoms with Crippen molar-refractivity contribution in [3.8, 4) is 0 Å².